The Morgan fingerprint density at radius 2 is 1.64 bits per heavy atom. The molecule has 2 aromatic carbocycles. The highest BCUT2D eigenvalue weighted by atomic mass is 16.2. The molecule has 0 spiro atoms. The third kappa shape index (κ3) is 3.82. The molecule has 0 N–H and O–H groups in total. The second-order valence-corrected chi connectivity index (χ2v) is 8.37. The topological polar surface area (TPSA) is 40.6 Å². The quantitative estimate of drug-likeness (QED) is 0.818. The van der Waals surface area contributed by atoms with Crippen molar-refractivity contribution in [1.82, 2.24) is 9.80 Å². The van der Waals surface area contributed by atoms with E-state index in [1.54, 1.807) is 0 Å². The van der Waals surface area contributed by atoms with Crippen LogP contribution in [-0.4, -0.2) is 48.3 Å². The number of benzene rings is 2. The van der Waals surface area contributed by atoms with Crippen LogP contribution in [0.15, 0.2) is 54.6 Å². The number of hydrogen-bond donors (Lipinski definition) is 0. The minimum Gasteiger partial charge on any atom is -0.345 e. The molecule has 0 radical (unpaired) electrons. The van der Waals surface area contributed by atoms with Crippen molar-refractivity contribution >= 4 is 11.8 Å². The van der Waals surface area contributed by atoms with Gasteiger partial charge in [0.25, 0.3) is 0 Å². The van der Waals surface area contributed by atoms with Crippen molar-refractivity contribution in [2.45, 2.75) is 31.7 Å². The lowest BCUT2D eigenvalue weighted by atomic mass is 9.88. The van der Waals surface area contributed by atoms with Gasteiger partial charge in [-0.25, -0.2) is 0 Å². The fourth-order valence-electron chi connectivity index (χ4n) is 4.75. The maximum Gasteiger partial charge on any atom is 0.226 e. The van der Waals surface area contributed by atoms with Gasteiger partial charge in [-0.05, 0) is 41.4 Å². The fraction of sp³-hybridized carbons (Fsp3) is 0.417. The van der Waals surface area contributed by atoms with Crippen LogP contribution in [0.5, 0.6) is 0 Å². The number of hydrogen-bond acceptors (Lipinski definition) is 2. The Balaban J connectivity index is 1.37. The van der Waals surface area contributed by atoms with Crippen LogP contribution >= 0.6 is 0 Å². The van der Waals surface area contributed by atoms with E-state index in [9.17, 15) is 9.59 Å². The van der Waals surface area contributed by atoms with Crippen LogP contribution in [-0.2, 0) is 16.0 Å². The van der Waals surface area contributed by atoms with E-state index in [2.05, 4.69) is 36.4 Å². The first kappa shape index (κ1) is 18.7. The van der Waals surface area contributed by atoms with Gasteiger partial charge in [-0.15, -0.1) is 0 Å². The van der Waals surface area contributed by atoms with E-state index in [-0.39, 0.29) is 17.9 Å². The predicted octanol–water partition coefficient (Wildman–Crippen LogP) is 3.61. The van der Waals surface area contributed by atoms with Crippen LogP contribution in [0.1, 0.15) is 24.8 Å². The van der Waals surface area contributed by atoms with E-state index in [0.29, 0.717) is 24.7 Å². The number of nitrogens with zero attached hydrogens (tertiary/aromatic N) is 2. The van der Waals surface area contributed by atoms with Crippen LogP contribution in [0, 0.1) is 11.8 Å². The molecular weight excluding hydrogens is 348 g/mol. The molecule has 2 fully saturated rings. The molecule has 1 heterocycles. The van der Waals surface area contributed by atoms with E-state index in [4.69, 9.17) is 0 Å². The van der Waals surface area contributed by atoms with E-state index in [1.165, 1.54) is 11.1 Å². The van der Waals surface area contributed by atoms with E-state index < -0.39 is 0 Å². The monoisotopic (exact) mass is 376 g/mol. The summed E-state index contributed by atoms with van der Waals surface area (Å²) in [5, 5.41) is 0. The van der Waals surface area contributed by atoms with Gasteiger partial charge in [0.2, 0.25) is 11.8 Å². The first-order valence-electron chi connectivity index (χ1n) is 10.1. The normalized spacial score (nSPS) is 24.1. The Kier molecular flexibility index (Phi) is 5.21. The Hall–Kier alpha value is -2.62. The van der Waals surface area contributed by atoms with Gasteiger partial charge >= 0.3 is 0 Å². The molecule has 0 aromatic heterocycles. The fourth-order valence-corrected chi connectivity index (χ4v) is 4.75. The Labute approximate surface area is 167 Å². The summed E-state index contributed by atoms with van der Waals surface area (Å²) in [6.07, 6.45) is 3.04. The third-order valence-electron chi connectivity index (χ3n) is 6.54. The molecular formula is C24H28N2O2. The van der Waals surface area contributed by atoms with Crippen LogP contribution in [0.4, 0.5) is 0 Å². The molecule has 4 nitrogen and oxygen atoms in total. The third-order valence-corrected chi connectivity index (χ3v) is 6.54. The van der Waals surface area contributed by atoms with Gasteiger partial charge in [0, 0.05) is 33.1 Å². The van der Waals surface area contributed by atoms with Crippen molar-refractivity contribution in [2.75, 3.05) is 20.6 Å². The number of likely N-dealkylation sites (tertiary alicyclic amines) is 1. The van der Waals surface area contributed by atoms with Crippen molar-refractivity contribution in [3.05, 3.63) is 60.2 Å². The van der Waals surface area contributed by atoms with Crippen LogP contribution in [0.2, 0.25) is 0 Å². The number of likely N-dealkylation sites (N-methyl/N-ethyl adjacent to an activating group) is 1. The van der Waals surface area contributed by atoms with Gasteiger partial charge in [-0.2, -0.15) is 0 Å². The summed E-state index contributed by atoms with van der Waals surface area (Å²) in [6.45, 7) is 0.836. The zero-order valence-corrected chi connectivity index (χ0v) is 16.7. The molecule has 28 heavy (non-hydrogen) atoms. The SMILES string of the molecule is CN1C[C@H]2C[C@@H](N(C)C(=O)Cc3ccc(-c4ccccc4)cc3)C[C@H]2CC1=O. The average Bonchev–Trinajstić information content (AvgIpc) is 3.11. The van der Waals surface area contributed by atoms with Crippen molar-refractivity contribution in [3.63, 3.8) is 0 Å². The van der Waals surface area contributed by atoms with Crippen molar-refractivity contribution in [2.24, 2.45) is 11.8 Å². The lowest BCUT2D eigenvalue weighted by molar-refractivity contribution is -0.135. The van der Waals surface area contributed by atoms with E-state index >= 15 is 0 Å². The second-order valence-electron chi connectivity index (χ2n) is 8.37. The van der Waals surface area contributed by atoms with E-state index in [1.807, 2.05) is 42.1 Å². The minimum absolute atomic E-state index is 0.163. The van der Waals surface area contributed by atoms with Gasteiger partial charge in [-0.1, -0.05) is 54.6 Å². The highest BCUT2D eigenvalue weighted by molar-refractivity contribution is 5.79. The first-order valence-corrected chi connectivity index (χ1v) is 10.1. The highest BCUT2D eigenvalue weighted by Crippen LogP contribution is 2.40. The Morgan fingerprint density at radius 3 is 2.36 bits per heavy atom. The Bertz CT molecular complexity index is 847. The molecule has 1 aliphatic heterocycles. The summed E-state index contributed by atoms with van der Waals surface area (Å²) in [6, 6.07) is 18.8. The van der Waals surface area contributed by atoms with Crippen molar-refractivity contribution < 1.29 is 9.59 Å². The molecule has 0 bridgehead atoms. The molecule has 4 rings (SSSR count). The zero-order valence-electron chi connectivity index (χ0n) is 16.7. The lowest BCUT2D eigenvalue weighted by Crippen LogP contribution is -2.40. The van der Waals surface area contributed by atoms with Gasteiger partial charge < -0.3 is 9.80 Å². The smallest absolute Gasteiger partial charge is 0.226 e. The average molecular weight is 377 g/mol. The zero-order chi connectivity index (χ0) is 19.7. The maximum absolute atomic E-state index is 12.8. The van der Waals surface area contributed by atoms with Crippen LogP contribution in [0.3, 0.4) is 0 Å². The Morgan fingerprint density at radius 1 is 1.00 bits per heavy atom. The van der Waals surface area contributed by atoms with Gasteiger partial charge in [0.05, 0.1) is 6.42 Å². The van der Waals surface area contributed by atoms with Gasteiger partial charge in [0.1, 0.15) is 0 Å². The van der Waals surface area contributed by atoms with Crippen LogP contribution in [0.25, 0.3) is 11.1 Å². The van der Waals surface area contributed by atoms with Gasteiger partial charge in [-0.3, -0.25) is 9.59 Å². The summed E-state index contributed by atoms with van der Waals surface area (Å²) in [7, 11) is 3.81. The molecule has 0 unspecified atom stereocenters. The molecule has 1 saturated heterocycles. The summed E-state index contributed by atoms with van der Waals surface area (Å²) in [5.74, 6) is 1.38. The number of piperidine rings is 1. The summed E-state index contributed by atoms with van der Waals surface area (Å²) in [5.41, 5.74) is 3.39. The van der Waals surface area contributed by atoms with Gasteiger partial charge in [0.15, 0.2) is 0 Å². The number of rotatable bonds is 4. The van der Waals surface area contributed by atoms with Crippen molar-refractivity contribution in [3.8, 4) is 11.1 Å². The molecule has 2 aromatic rings. The first-order chi connectivity index (χ1) is 13.5. The summed E-state index contributed by atoms with van der Waals surface area (Å²) < 4.78 is 0. The highest BCUT2D eigenvalue weighted by Gasteiger charge is 2.42. The molecule has 1 aliphatic carbocycles. The molecule has 3 atom stereocenters. The summed E-state index contributed by atoms with van der Waals surface area (Å²) in [4.78, 5) is 28.6. The predicted molar refractivity (Wildman–Crippen MR) is 111 cm³/mol. The lowest BCUT2D eigenvalue weighted by Gasteiger charge is -2.31. The second kappa shape index (κ2) is 7.78. The number of fused-ring (bicyclic) bond motifs is 1. The number of carbonyl (C=O) groups excluding carboxylic acids is 2. The molecule has 1 saturated carbocycles. The number of amides is 2. The number of carbonyl (C=O) groups is 2. The van der Waals surface area contributed by atoms with E-state index in [0.717, 1.165) is 24.9 Å². The minimum atomic E-state index is 0.163. The largest absolute Gasteiger partial charge is 0.345 e. The molecule has 146 valence electrons. The summed E-state index contributed by atoms with van der Waals surface area (Å²) >= 11 is 0. The maximum atomic E-state index is 12.8. The van der Waals surface area contributed by atoms with Crippen molar-refractivity contribution in [1.29, 1.82) is 0 Å². The molecule has 4 heteroatoms. The van der Waals surface area contributed by atoms with Crippen LogP contribution < -0.4 is 0 Å². The molecule has 2 aliphatic rings. The molecule has 2 amide bonds. The standard InChI is InChI=1S/C24H28N2O2/c1-25-16-21-14-22(13-20(21)15-23(25)27)26(2)24(28)12-17-8-10-19(11-9-17)18-6-4-3-5-7-18/h3-11,20-22H,12-16H2,1-2H3/t20-,21+,22-/m0/s1.